The molecule has 0 aliphatic heterocycles. The first kappa shape index (κ1) is 21.2. The van der Waals surface area contributed by atoms with Crippen molar-refractivity contribution in [2.24, 2.45) is 0 Å². The van der Waals surface area contributed by atoms with Crippen molar-refractivity contribution < 1.29 is 9.18 Å². The van der Waals surface area contributed by atoms with Crippen molar-refractivity contribution in [2.75, 3.05) is 22.5 Å². The molecule has 0 saturated heterocycles. The van der Waals surface area contributed by atoms with Gasteiger partial charge in [0.2, 0.25) is 5.95 Å². The predicted octanol–water partition coefficient (Wildman–Crippen LogP) is 4.84. The van der Waals surface area contributed by atoms with E-state index in [-0.39, 0.29) is 11.1 Å². The highest BCUT2D eigenvalue weighted by Crippen LogP contribution is 2.26. The number of aromatic nitrogens is 4. The monoisotopic (exact) mass is 452 g/mol. The van der Waals surface area contributed by atoms with Crippen LogP contribution in [-0.2, 0) is 0 Å². The van der Waals surface area contributed by atoms with Crippen molar-refractivity contribution in [2.45, 2.75) is 6.92 Å². The van der Waals surface area contributed by atoms with Gasteiger partial charge >= 0.3 is 6.03 Å². The fourth-order valence-electron chi connectivity index (χ4n) is 2.82. The molecule has 0 bridgehead atoms. The summed E-state index contributed by atoms with van der Waals surface area (Å²) < 4.78 is 13.4. The average Bonchev–Trinajstić information content (AvgIpc) is 2.78. The second-order valence-electron chi connectivity index (χ2n) is 6.59. The van der Waals surface area contributed by atoms with Crippen molar-refractivity contribution in [3.63, 3.8) is 0 Å². The van der Waals surface area contributed by atoms with Crippen molar-refractivity contribution in [3.05, 3.63) is 65.8 Å². The maximum atomic E-state index is 13.4. The SMILES string of the molecule is CCNC(=O)Nc1ccc(Nc2ncc3ncnc(Nc4ccc(F)c(Cl)c4)c3n2)cc1. The third kappa shape index (κ3) is 4.98. The average molecular weight is 453 g/mol. The lowest BCUT2D eigenvalue weighted by atomic mass is 10.3. The Bertz CT molecular complexity index is 1270. The van der Waals surface area contributed by atoms with Gasteiger partial charge in [-0.1, -0.05) is 11.6 Å². The molecule has 0 aliphatic carbocycles. The van der Waals surface area contributed by atoms with Crippen LogP contribution in [0.1, 0.15) is 6.92 Å². The van der Waals surface area contributed by atoms with Crippen LogP contribution < -0.4 is 21.3 Å². The molecule has 2 amide bonds. The van der Waals surface area contributed by atoms with Crippen molar-refractivity contribution in [1.82, 2.24) is 25.3 Å². The van der Waals surface area contributed by atoms with Gasteiger partial charge in [-0.2, -0.15) is 0 Å². The summed E-state index contributed by atoms with van der Waals surface area (Å²) in [5.41, 5.74) is 2.93. The first-order chi connectivity index (χ1) is 15.5. The Morgan fingerprint density at radius 1 is 1.00 bits per heavy atom. The molecule has 4 aromatic rings. The number of carbonyl (C=O) groups excluding carboxylic acids is 1. The molecule has 4 rings (SSSR count). The number of nitrogens with zero attached hydrogens (tertiary/aromatic N) is 4. The first-order valence-corrected chi connectivity index (χ1v) is 10.0. The summed E-state index contributed by atoms with van der Waals surface area (Å²) in [6.07, 6.45) is 2.95. The molecule has 0 atom stereocenters. The summed E-state index contributed by atoms with van der Waals surface area (Å²) >= 11 is 5.86. The van der Waals surface area contributed by atoms with Gasteiger partial charge in [0.1, 0.15) is 23.2 Å². The van der Waals surface area contributed by atoms with Gasteiger partial charge in [-0.05, 0) is 49.4 Å². The maximum absolute atomic E-state index is 13.4. The van der Waals surface area contributed by atoms with E-state index in [1.807, 2.05) is 6.92 Å². The lowest BCUT2D eigenvalue weighted by Crippen LogP contribution is -2.28. The molecule has 2 heterocycles. The van der Waals surface area contributed by atoms with Crippen LogP contribution in [0.4, 0.5) is 38.0 Å². The van der Waals surface area contributed by atoms with E-state index in [2.05, 4.69) is 41.2 Å². The molecule has 0 radical (unpaired) electrons. The van der Waals surface area contributed by atoms with Crippen molar-refractivity contribution in [3.8, 4) is 0 Å². The Hall–Kier alpha value is -4.05. The number of urea groups is 1. The Morgan fingerprint density at radius 2 is 1.75 bits per heavy atom. The molecule has 2 aromatic carbocycles. The van der Waals surface area contributed by atoms with E-state index >= 15 is 0 Å². The predicted molar refractivity (Wildman–Crippen MR) is 122 cm³/mol. The molecule has 162 valence electrons. The standard InChI is InChI=1S/C21H18ClFN8O/c1-2-24-21(32)30-13-5-3-12(4-6-13)29-20-25-10-17-18(31-20)19(27-11-26-17)28-14-7-8-16(23)15(22)9-14/h3-11H,2H2,1H3,(H2,24,30,32)(H,25,29,31)(H,26,27,28). The zero-order valence-corrected chi connectivity index (χ0v) is 17.6. The number of benzene rings is 2. The van der Waals surface area contributed by atoms with E-state index in [0.717, 1.165) is 5.69 Å². The minimum Gasteiger partial charge on any atom is -0.338 e. The summed E-state index contributed by atoms with van der Waals surface area (Å²) in [5, 5.41) is 11.6. The van der Waals surface area contributed by atoms with E-state index in [0.29, 0.717) is 40.7 Å². The third-order valence-electron chi connectivity index (χ3n) is 4.30. The highest BCUT2D eigenvalue weighted by Gasteiger charge is 2.10. The molecule has 9 nitrogen and oxygen atoms in total. The molecular formula is C21H18ClFN8O. The number of hydrogen-bond donors (Lipinski definition) is 4. The Balaban J connectivity index is 1.54. The molecule has 0 fully saturated rings. The normalized spacial score (nSPS) is 10.6. The van der Waals surface area contributed by atoms with Crippen molar-refractivity contribution >= 4 is 57.5 Å². The molecular weight excluding hydrogens is 435 g/mol. The largest absolute Gasteiger partial charge is 0.338 e. The number of rotatable bonds is 6. The van der Waals surface area contributed by atoms with Crippen LogP contribution in [-0.4, -0.2) is 32.5 Å². The minimum absolute atomic E-state index is 0.00421. The van der Waals surface area contributed by atoms with E-state index in [1.54, 1.807) is 36.5 Å². The fraction of sp³-hybridized carbons (Fsp3) is 0.0952. The number of fused-ring (bicyclic) bond motifs is 1. The zero-order chi connectivity index (χ0) is 22.5. The number of hydrogen-bond acceptors (Lipinski definition) is 7. The van der Waals surface area contributed by atoms with E-state index in [9.17, 15) is 9.18 Å². The summed E-state index contributed by atoms with van der Waals surface area (Å²) in [5.74, 6) is 0.243. The van der Waals surface area contributed by atoms with Gasteiger partial charge in [0.25, 0.3) is 0 Å². The number of halogens is 2. The second kappa shape index (κ2) is 9.40. The molecule has 0 aliphatic rings. The minimum atomic E-state index is -0.509. The first-order valence-electron chi connectivity index (χ1n) is 9.63. The van der Waals surface area contributed by atoms with Gasteiger partial charge in [-0.25, -0.2) is 29.1 Å². The molecule has 0 saturated carbocycles. The quantitative estimate of drug-likeness (QED) is 0.330. The lowest BCUT2D eigenvalue weighted by molar-refractivity contribution is 0.252. The van der Waals surface area contributed by atoms with E-state index in [4.69, 9.17) is 11.6 Å². The molecule has 4 N–H and O–H groups in total. The van der Waals surface area contributed by atoms with Gasteiger partial charge in [0.15, 0.2) is 5.82 Å². The van der Waals surface area contributed by atoms with Crippen LogP contribution in [0.2, 0.25) is 5.02 Å². The van der Waals surface area contributed by atoms with Crippen LogP contribution in [0.25, 0.3) is 11.0 Å². The van der Waals surface area contributed by atoms with Crippen LogP contribution in [0.15, 0.2) is 55.0 Å². The molecule has 0 spiro atoms. The highest BCUT2D eigenvalue weighted by atomic mass is 35.5. The van der Waals surface area contributed by atoms with Crippen LogP contribution >= 0.6 is 11.6 Å². The Morgan fingerprint density at radius 3 is 2.50 bits per heavy atom. The summed E-state index contributed by atoms with van der Waals surface area (Å²) in [7, 11) is 0. The molecule has 11 heteroatoms. The summed E-state index contributed by atoms with van der Waals surface area (Å²) in [6, 6.07) is 11.1. The van der Waals surface area contributed by atoms with E-state index < -0.39 is 5.82 Å². The van der Waals surface area contributed by atoms with E-state index in [1.165, 1.54) is 18.5 Å². The van der Waals surface area contributed by atoms with Crippen LogP contribution in [0.3, 0.4) is 0 Å². The number of nitrogens with one attached hydrogen (secondary N) is 4. The van der Waals surface area contributed by atoms with Gasteiger partial charge in [0, 0.05) is 23.6 Å². The topological polar surface area (TPSA) is 117 Å². The Labute approximate surface area is 187 Å². The highest BCUT2D eigenvalue weighted by molar-refractivity contribution is 6.31. The third-order valence-corrected chi connectivity index (χ3v) is 4.59. The number of anilines is 5. The molecule has 32 heavy (non-hydrogen) atoms. The summed E-state index contributed by atoms with van der Waals surface area (Å²) in [6.45, 7) is 2.39. The van der Waals surface area contributed by atoms with Gasteiger partial charge in [-0.3, -0.25) is 0 Å². The maximum Gasteiger partial charge on any atom is 0.319 e. The Kier molecular flexibility index (Phi) is 6.22. The second-order valence-corrected chi connectivity index (χ2v) is 7.00. The zero-order valence-electron chi connectivity index (χ0n) is 16.9. The van der Waals surface area contributed by atoms with Gasteiger partial charge < -0.3 is 21.3 Å². The van der Waals surface area contributed by atoms with Gasteiger partial charge in [0.05, 0.1) is 11.2 Å². The number of carbonyl (C=O) groups is 1. The number of amides is 2. The lowest BCUT2D eigenvalue weighted by Gasteiger charge is -2.10. The van der Waals surface area contributed by atoms with Crippen LogP contribution in [0, 0.1) is 5.82 Å². The fourth-order valence-corrected chi connectivity index (χ4v) is 3.00. The molecule has 0 unspecified atom stereocenters. The van der Waals surface area contributed by atoms with Crippen LogP contribution in [0.5, 0.6) is 0 Å². The van der Waals surface area contributed by atoms with Gasteiger partial charge in [-0.15, -0.1) is 0 Å². The smallest absolute Gasteiger partial charge is 0.319 e. The van der Waals surface area contributed by atoms with Crippen molar-refractivity contribution in [1.29, 1.82) is 0 Å². The summed E-state index contributed by atoms with van der Waals surface area (Å²) in [4.78, 5) is 28.8. The molecule has 2 aromatic heterocycles.